The first-order chi connectivity index (χ1) is 5.95. The Hall–Kier alpha value is -0.840. The molecule has 1 aliphatic rings. The van der Waals surface area contributed by atoms with Crippen molar-refractivity contribution in [2.75, 3.05) is 6.54 Å². The molecule has 74 valence electrons. The van der Waals surface area contributed by atoms with Crippen LogP contribution in [0.3, 0.4) is 0 Å². The van der Waals surface area contributed by atoms with Gasteiger partial charge in [0.05, 0.1) is 5.57 Å². The zero-order valence-electron chi connectivity index (χ0n) is 6.74. The van der Waals surface area contributed by atoms with E-state index in [1.807, 2.05) is 0 Å². The summed E-state index contributed by atoms with van der Waals surface area (Å²) in [5.74, 6) is 0. The van der Waals surface area contributed by atoms with Gasteiger partial charge in [-0.3, -0.25) is 0 Å². The zero-order valence-corrected chi connectivity index (χ0v) is 6.74. The Bertz CT molecular complexity index is 251. The Balaban J connectivity index is 2.88. The van der Waals surface area contributed by atoms with Crippen LogP contribution < -0.4 is 5.73 Å². The number of nitrogens with two attached hydrogens (primary N) is 1. The fraction of sp³-hybridized carbons (Fsp3) is 0.500. The van der Waals surface area contributed by atoms with E-state index in [4.69, 9.17) is 5.73 Å². The SMILES string of the molecule is NCC1=CC(C(F)(F)F)=CC[C@H]1F. The van der Waals surface area contributed by atoms with Crippen molar-refractivity contribution < 1.29 is 17.6 Å². The van der Waals surface area contributed by atoms with Gasteiger partial charge >= 0.3 is 6.18 Å². The molecule has 0 bridgehead atoms. The molecule has 0 fully saturated rings. The van der Waals surface area contributed by atoms with Crippen LogP contribution in [0.25, 0.3) is 0 Å². The fourth-order valence-corrected chi connectivity index (χ4v) is 1.12. The van der Waals surface area contributed by atoms with Gasteiger partial charge in [0.1, 0.15) is 6.17 Å². The zero-order chi connectivity index (χ0) is 10.1. The highest BCUT2D eigenvalue weighted by Crippen LogP contribution is 2.32. The first-order valence-corrected chi connectivity index (χ1v) is 3.77. The lowest BCUT2D eigenvalue weighted by molar-refractivity contribution is -0.0888. The third-order valence-electron chi connectivity index (χ3n) is 1.85. The maximum Gasteiger partial charge on any atom is 0.416 e. The van der Waals surface area contributed by atoms with E-state index in [0.717, 1.165) is 12.2 Å². The summed E-state index contributed by atoms with van der Waals surface area (Å²) < 4.78 is 49.2. The van der Waals surface area contributed by atoms with Gasteiger partial charge in [0.25, 0.3) is 0 Å². The van der Waals surface area contributed by atoms with E-state index in [-0.39, 0.29) is 18.5 Å². The van der Waals surface area contributed by atoms with Gasteiger partial charge in [-0.05, 0) is 11.6 Å². The van der Waals surface area contributed by atoms with Crippen LogP contribution >= 0.6 is 0 Å². The molecule has 0 aromatic carbocycles. The van der Waals surface area contributed by atoms with Crippen molar-refractivity contribution in [3.8, 4) is 0 Å². The van der Waals surface area contributed by atoms with E-state index in [0.29, 0.717) is 0 Å². The summed E-state index contributed by atoms with van der Waals surface area (Å²) in [7, 11) is 0. The van der Waals surface area contributed by atoms with Crippen LogP contribution in [-0.2, 0) is 0 Å². The number of alkyl halides is 4. The monoisotopic (exact) mass is 195 g/mol. The van der Waals surface area contributed by atoms with Gasteiger partial charge in [0.15, 0.2) is 0 Å². The highest BCUT2D eigenvalue weighted by Gasteiger charge is 2.34. The normalized spacial score (nSPS) is 23.9. The van der Waals surface area contributed by atoms with Crippen LogP contribution in [0, 0.1) is 0 Å². The van der Waals surface area contributed by atoms with E-state index in [1.165, 1.54) is 0 Å². The molecular weight excluding hydrogens is 186 g/mol. The average molecular weight is 195 g/mol. The number of halogens is 4. The van der Waals surface area contributed by atoms with Crippen molar-refractivity contribution in [3.63, 3.8) is 0 Å². The molecule has 1 atom stereocenters. The van der Waals surface area contributed by atoms with Gasteiger partial charge in [-0.2, -0.15) is 13.2 Å². The Morgan fingerprint density at radius 3 is 2.54 bits per heavy atom. The second kappa shape index (κ2) is 3.49. The van der Waals surface area contributed by atoms with E-state index in [1.54, 1.807) is 0 Å². The highest BCUT2D eigenvalue weighted by molar-refractivity contribution is 5.34. The van der Waals surface area contributed by atoms with Crippen molar-refractivity contribution in [3.05, 3.63) is 23.3 Å². The largest absolute Gasteiger partial charge is 0.416 e. The van der Waals surface area contributed by atoms with Gasteiger partial charge in [0, 0.05) is 13.0 Å². The van der Waals surface area contributed by atoms with E-state index in [2.05, 4.69) is 0 Å². The van der Waals surface area contributed by atoms with Crippen LogP contribution in [-0.4, -0.2) is 18.9 Å². The lowest BCUT2D eigenvalue weighted by atomic mass is 9.97. The molecule has 0 radical (unpaired) electrons. The number of hydrogen-bond donors (Lipinski definition) is 1. The minimum atomic E-state index is -4.40. The van der Waals surface area contributed by atoms with Crippen molar-refractivity contribution in [2.24, 2.45) is 5.73 Å². The third-order valence-corrected chi connectivity index (χ3v) is 1.85. The average Bonchev–Trinajstić information content (AvgIpc) is 2.03. The topological polar surface area (TPSA) is 26.0 Å². The standard InChI is InChI=1S/C8H9F4N/c9-7-2-1-6(8(10,11)12)3-5(7)4-13/h1,3,7H,2,4,13H2/t7-/m1/s1. The van der Waals surface area contributed by atoms with Crippen LogP contribution in [0.15, 0.2) is 23.3 Å². The molecule has 0 heterocycles. The summed E-state index contributed by atoms with van der Waals surface area (Å²) in [6, 6.07) is 0. The molecule has 0 aromatic rings. The smallest absolute Gasteiger partial charge is 0.327 e. The summed E-state index contributed by atoms with van der Waals surface area (Å²) in [6.07, 6.45) is -4.37. The molecule has 0 saturated carbocycles. The summed E-state index contributed by atoms with van der Waals surface area (Å²) >= 11 is 0. The van der Waals surface area contributed by atoms with Crippen LogP contribution in [0.4, 0.5) is 17.6 Å². The molecule has 5 heteroatoms. The van der Waals surface area contributed by atoms with Crippen molar-refractivity contribution in [1.82, 2.24) is 0 Å². The van der Waals surface area contributed by atoms with Gasteiger partial charge in [-0.25, -0.2) is 4.39 Å². The Kier molecular flexibility index (Phi) is 2.75. The number of hydrogen-bond acceptors (Lipinski definition) is 1. The molecule has 0 unspecified atom stereocenters. The Labute approximate surface area is 72.9 Å². The summed E-state index contributed by atoms with van der Waals surface area (Å²) in [4.78, 5) is 0. The van der Waals surface area contributed by atoms with E-state index >= 15 is 0 Å². The minimum absolute atomic E-state index is 0.00910. The number of allylic oxidation sites excluding steroid dienone is 3. The molecule has 0 amide bonds. The molecular formula is C8H9F4N. The van der Waals surface area contributed by atoms with Crippen molar-refractivity contribution >= 4 is 0 Å². The quantitative estimate of drug-likeness (QED) is 0.637. The summed E-state index contributed by atoms with van der Waals surface area (Å²) in [5.41, 5.74) is 4.30. The van der Waals surface area contributed by atoms with Gasteiger partial charge in [0.2, 0.25) is 0 Å². The minimum Gasteiger partial charge on any atom is -0.327 e. The van der Waals surface area contributed by atoms with Crippen molar-refractivity contribution in [1.29, 1.82) is 0 Å². The van der Waals surface area contributed by atoms with Crippen LogP contribution in [0.1, 0.15) is 6.42 Å². The summed E-state index contributed by atoms with van der Waals surface area (Å²) in [6.45, 7) is -0.172. The molecule has 1 rings (SSSR count). The van der Waals surface area contributed by atoms with Gasteiger partial charge in [-0.15, -0.1) is 0 Å². The van der Waals surface area contributed by atoms with Gasteiger partial charge < -0.3 is 5.73 Å². The van der Waals surface area contributed by atoms with E-state index < -0.39 is 17.9 Å². The molecule has 1 nitrogen and oxygen atoms in total. The first kappa shape index (κ1) is 10.2. The predicted molar refractivity (Wildman–Crippen MR) is 40.8 cm³/mol. The third kappa shape index (κ3) is 2.30. The molecule has 2 N–H and O–H groups in total. The molecule has 0 spiro atoms. The van der Waals surface area contributed by atoms with Crippen LogP contribution in [0.2, 0.25) is 0 Å². The predicted octanol–water partition coefficient (Wildman–Crippen LogP) is 2.10. The Morgan fingerprint density at radius 1 is 1.46 bits per heavy atom. The fourth-order valence-electron chi connectivity index (χ4n) is 1.12. The van der Waals surface area contributed by atoms with Gasteiger partial charge in [-0.1, -0.05) is 6.08 Å². The molecule has 0 aliphatic heterocycles. The van der Waals surface area contributed by atoms with E-state index in [9.17, 15) is 17.6 Å². The van der Waals surface area contributed by atoms with Crippen LogP contribution in [0.5, 0.6) is 0 Å². The molecule has 0 saturated heterocycles. The first-order valence-electron chi connectivity index (χ1n) is 3.77. The maximum absolute atomic E-state index is 12.8. The lowest BCUT2D eigenvalue weighted by Crippen LogP contribution is -2.21. The second-order valence-electron chi connectivity index (χ2n) is 2.78. The van der Waals surface area contributed by atoms with Crippen molar-refractivity contribution in [2.45, 2.75) is 18.8 Å². The maximum atomic E-state index is 12.8. The molecule has 0 aromatic heterocycles. The lowest BCUT2D eigenvalue weighted by Gasteiger charge is -2.17. The summed E-state index contributed by atoms with van der Waals surface area (Å²) in [5, 5.41) is 0. The number of rotatable bonds is 1. The molecule has 13 heavy (non-hydrogen) atoms. The Morgan fingerprint density at radius 2 is 2.08 bits per heavy atom. The molecule has 1 aliphatic carbocycles. The highest BCUT2D eigenvalue weighted by atomic mass is 19.4. The second-order valence-corrected chi connectivity index (χ2v) is 2.78.